The first-order chi connectivity index (χ1) is 7.82. The fourth-order valence-corrected chi connectivity index (χ4v) is 4.52. The molecule has 1 aromatic rings. The lowest BCUT2D eigenvalue weighted by Crippen LogP contribution is -2.14. The van der Waals surface area contributed by atoms with Crippen LogP contribution in [0.15, 0.2) is 30.3 Å². The monoisotopic (exact) mass is 278 g/mol. The van der Waals surface area contributed by atoms with Gasteiger partial charge in [0.25, 0.3) is 0 Å². The molecule has 0 amide bonds. The van der Waals surface area contributed by atoms with E-state index < -0.39 is 20.2 Å². The summed E-state index contributed by atoms with van der Waals surface area (Å²) >= 11 is 0. The molecule has 0 bridgehead atoms. The van der Waals surface area contributed by atoms with E-state index in [4.69, 9.17) is 14.3 Å². The molecule has 8 heteroatoms. The van der Waals surface area contributed by atoms with Crippen LogP contribution in [0.5, 0.6) is 0 Å². The molecule has 0 aliphatic heterocycles. The van der Waals surface area contributed by atoms with Crippen LogP contribution in [0.4, 0.5) is 4.79 Å². The maximum atomic E-state index is 12.3. The second kappa shape index (κ2) is 5.25. The third kappa shape index (κ3) is 3.12. The van der Waals surface area contributed by atoms with Crippen molar-refractivity contribution in [1.82, 2.24) is 0 Å². The lowest BCUT2D eigenvalue weighted by Gasteiger charge is -2.16. The van der Waals surface area contributed by atoms with E-state index in [0.717, 1.165) is 0 Å². The van der Waals surface area contributed by atoms with Crippen LogP contribution >= 0.6 is 15.0 Å². The molecule has 1 unspecified atom stereocenters. The van der Waals surface area contributed by atoms with Gasteiger partial charge in [-0.2, -0.15) is 0 Å². The summed E-state index contributed by atoms with van der Waals surface area (Å²) in [5, 5.41) is -1.69. The van der Waals surface area contributed by atoms with E-state index >= 15 is 0 Å². The van der Waals surface area contributed by atoms with E-state index in [1.54, 1.807) is 6.07 Å². The van der Waals surface area contributed by atoms with E-state index in [2.05, 4.69) is 0 Å². The van der Waals surface area contributed by atoms with Crippen LogP contribution in [0.2, 0.25) is 0 Å². The van der Waals surface area contributed by atoms with Crippen LogP contribution in [-0.2, 0) is 13.7 Å². The van der Waals surface area contributed by atoms with Gasteiger partial charge in [0.05, 0.1) is 6.61 Å². The van der Waals surface area contributed by atoms with Gasteiger partial charge in [0.1, 0.15) is 0 Å². The smallest absolute Gasteiger partial charge is 0.320 e. The van der Waals surface area contributed by atoms with Gasteiger partial charge in [-0.25, -0.2) is 0 Å². The van der Waals surface area contributed by atoms with Gasteiger partial charge in [-0.15, -0.1) is 0 Å². The predicted octanol–water partition coefficient (Wildman–Crippen LogP) is 1.92. The van der Waals surface area contributed by atoms with Crippen molar-refractivity contribution in [2.45, 2.75) is 6.92 Å². The van der Waals surface area contributed by atoms with E-state index in [1.807, 2.05) is 0 Å². The number of rotatable bonds is 5. The molecule has 6 nitrogen and oxygen atoms in total. The summed E-state index contributed by atoms with van der Waals surface area (Å²) in [6.45, 7) is 1.40. The summed E-state index contributed by atoms with van der Waals surface area (Å²) in [4.78, 5) is 29.2. The summed E-state index contributed by atoms with van der Waals surface area (Å²) in [7, 11) is -9.29. The highest BCUT2D eigenvalue weighted by Crippen LogP contribution is 2.59. The zero-order valence-electron chi connectivity index (χ0n) is 9.02. The van der Waals surface area contributed by atoms with Crippen molar-refractivity contribution in [2.75, 3.05) is 6.61 Å². The van der Waals surface area contributed by atoms with Crippen molar-refractivity contribution >= 4 is 25.5 Å². The molecule has 0 fully saturated rings. The molecule has 94 valence electrons. The van der Waals surface area contributed by atoms with Gasteiger partial charge in [0.2, 0.25) is 0 Å². The zero-order valence-corrected chi connectivity index (χ0v) is 10.8. The number of hydrogen-bond acceptors (Lipinski definition) is 4. The minimum absolute atomic E-state index is 0.0184. The molecule has 0 saturated heterocycles. The van der Waals surface area contributed by atoms with Crippen LogP contribution in [0, 0.1) is 0 Å². The molecule has 0 saturated carbocycles. The summed E-state index contributed by atoms with van der Waals surface area (Å²) < 4.78 is 28.0. The van der Waals surface area contributed by atoms with Crippen molar-refractivity contribution < 1.29 is 28.2 Å². The Morgan fingerprint density at radius 3 is 2.18 bits per heavy atom. The molecule has 17 heavy (non-hydrogen) atoms. The molecule has 0 aliphatic carbocycles. The van der Waals surface area contributed by atoms with E-state index in [-0.39, 0.29) is 11.9 Å². The maximum Gasteiger partial charge on any atom is 0.402 e. The summed E-state index contributed by atoms with van der Waals surface area (Å²) in [5.74, 6) is 0. The Hall–Kier alpha value is -0.770. The first-order valence-corrected chi connectivity index (χ1v) is 7.97. The SMILES string of the molecule is CCOP(=O)(C(=O)P(=O)(O)O)c1ccccc1. The van der Waals surface area contributed by atoms with Gasteiger partial charge in [-0.3, -0.25) is 13.9 Å². The normalized spacial score (nSPS) is 15.2. The van der Waals surface area contributed by atoms with Crippen molar-refractivity contribution in [2.24, 2.45) is 0 Å². The largest absolute Gasteiger partial charge is 0.402 e. The first-order valence-electron chi connectivity index (χ1n) is 4.73. The average molecular weight is 278 g/mol. The Labute approximate surface area is 98.2 Å². The van der Waals surface area contributed by atoms with Crippen molar-refractivity contribution in [3.05, 3.63) is 30.3 Å². The molecule has 1 aromatic carbocycles. The summed E-state index contributed by atoms with van der Waals surface area (Å²) in [5.41, 5.74) is 0. The van der Waals surface area contributed by atoms with Gasteiger partial charge in [-0.1, -0.05) is 18.2 Å². The minimum atomic E-state index is -5.10. The van der Waals surface area contributed by atoms with Gasteiger partial charge in [-0.05, 0) is 19.1 Å². The van der Waals surface area contributed by atoms with E-state index in [0.29, 0.717) is 0 Å². The Bertz CT molecular complexity index is 491. The highest BCUT2D eigenvalue weighted by atomic mass is 31.2. The molecule has 2 N–H and O–H groups in total. The highest BCUT2D eigenvalue weighted by Gasteiger charge is 2.45. The number of carbonyl (C=O) groups is 1. The fraction of sp³-hybridized carbons (Fsp3) is 0.222. The average Bonchev–Trinajstić information content (AvgIpc) is 2.28. The molecule has 1 rings (SSSR count). The third-order valence-corrected chi connectivity index (χ3v) is 6.08. The topological polar surface area (TPSA) is 101 Å². The van der Waals surface area contributed by atoms with Crippen LogP contribution < -0.4 is 5.30 Å². The Kier molecular flexibility index (Phi) is 4.42. The zero-order chi connectivity index (χ0) is 13.1. The van der Waals surface area contributed by atoms with Crippen LogP contribution in [0.1, 0.15) is 6.92 Å². The summed E-state index contributed by atoms with van der Waals surface area (Å²) in [6.07, 6.45) is 0. The van der Waals surface area contributed by atoms with Gasteiger partial charge in [0.15, 0.2) is 0 Å². The fourth-order valence-electron chi connectivity index (χ4n) is 1.22. The first kappa shape index (κ1) is 14.3. The van der Waals surface area contributed by atoms with Gasteiger partial charge >= 0.3 is 20.2 Å². The number of carbonyl (C=O) groups excluding carboxylic acids is 1. The molecular weight excluding hydrogens is 266 g/mol. The molecule has 0 spiro atoms. The molecule has 1 atom stereocenters. The van der Waals surface area contributed by atoms with Crippen LogP contribution in [0.25, 0.3) is 0 Å². The number of hydrogen-bond donors (Lipinski definition) is 2. The molecular formula is C9H12O6P2. The number of benzene rings is 1. The second-order valence-corrected chi connectivity index (χ2v) is 7.26. The predicted molar refractivity (Wildman–Crippen MR) is 62.7 cm³/mol. The highest BCUT2D eigenvalue weighted by molar-refractivity contribution is 8.02. The Morgan fingerprint density at radius 1 is 1.24 bits per heavy atom. The van der Waals surface area contributed by atoms with Gasteiger partial charge < -0.3 is 14.3 Å². The minimum Gasteiger partial charge on any atom is -0.320 e. The standard InChI is InChI=1S/C9H12O6P2/c1-2-15-16(11,9(10)17(12,13)14)8-6-4-3-5-7-8/h3-7H,2H2,1H3,(H2,12,13,14). The maximum absolute atomic E-state index is 12.3. The third-order valence-electron chi connectivity index (χ3n) is 1.91. The Balaban J connectivity index is 3.30. The van der Waals surface area contributed by atoms with E-state index in [1.165, 1.54) is 31.2 Å². The lowest BCUT2D eigenvalue weighted by molar-refractivity contribution is 0.257. The lowest BCUT2D eigenvalue weighted by atomic mass is 10.4. The summed E-state index contributed by atoms with van der Waals surface area (Å²) in [6, 6.07) is 7.32. The van der Waals surface area contributed by atoms with Crippen molar-refractivity contribution in [1.29, 1.82) is 0 Å². The molecule has 0 heterocycles. The van der Waals surface area contributed by atoms with Crippen LogP contribution in [-0.4, -0.2) is 21.7 Å². The van der Waals surface area contributed by atoms with Crippen molar-refractivity contribution in [3.63, 3.8) is 0 Å². The Morgan fingerprint density at radius 2 is 1.76 bits per heavy atom. The second-order valence-electron chi connectivity index (χ2n) is 3.13. The molecule has 0 radical (unpaired) electrons. The van der Waals surface area contributed by atoms with Crippen LogP contribution in [0.3, 0.4) is 0 Å². The van der Waals surface area contributed by atoms with Gasteiger partial charge in [0, 0.05) is 5.30 Å². The molecule has 0 aliphatic rings. The van der Waals surface area contributed by atoms with Crippen molar-refractivity contribution in [3.8, 4) is 0 Å². The van der Waals surface area contributed by atoms with E-state index in [9.17, 15) is 13.9 Å². The quantitative estimate of drug-likeness (QED) is 0.798. The molecule has 0 aromatic heterocycles.